The van der Waals surface area contributed by atoms with Gasteiger partial charge in [-0.15, -0.1) is 0 Å². The summed E-state index contributed by atoms with van der Waals surface area (Å²) in [7, 11) is 0. The molecule has 2 aliphatic rings. The Bertz CT molecular complexity index is 1310. The van der Waals surface area contributed by atoms with Crippen LogP contribution >= 0.6 is 11.8 Å². The van der Waals surface area contributed by atoms with Crippen LogP contribution in [0.25, 0.3) is 0 Å². The number of rotatable bonds is 21. The number of aliphatic carboxylic acids is 1. The van der Waals surface area contributed by atoms with E-state index in [2.05, 4.69) is 10.6 Å². The first kappa shape index (κ1) is 43.1. The number of aryl methyl sites for hydroxylation is 2. The molecule has 13 heteroatoms. The number of carbonyl (C=O) groups is 5. The molecule has 2 aliphatic carbocycles. The standard InChI is InChI=1S/C39H63N5O7S/c1-25-21-29(45)22-26(2)30(25)23-31(40)38(50)43-32(18-20-52-3)39(51)42-24-33(46)44(19-12-6-11-17-34(47)48)36(37(41)49)35(27-13-7-4-8-14-27)28-15-9-5-10-16-28/h21-22,27-28,31-32,35-36,45H,4-20,23-24,40H2,1-3H3,(H2,41,49)(H,42,51)(H,43,50)(H,47,48)/t31-,32-,36+/m1/s1. The molecule has 0 saturated heterocycles. The minimum Gasteiger partial charge on any atom is -0.508 e. The van der Waals surface area contributed by atoms with E-state index in [0.29, 0.717) is 31.4 Å². The number of amides is 4. The smallest absolute Gasteiger partial charge is 0.303 e. The summed E-state index contributed by atoms with van der Waals surface area (Å²) in [5, 5.41) is 24.6. The number of nitrogens with zero attached hydrogens (tertiary/aromatic N) is 1. The van der Waals surface area contributed by atoms with Crippen LogP contribution in [0.15, 0.2) is 12.1 Å². The molecule has 4 amide bonds. The number of phenolic OH excluding ortho intramolecular Hbond substituents is 1. The quantitative estimate of drug-likeness (QED) is 0.0990. The Hall–Kier alpha value is -3.32. The van der Waals surface area contributed by atoms with Crippen LogP contribution in [0.4, 0.5) is 0 Å². The molecule has 292 valence electrons. The van der Waals surface area contributed by atoms with Crippen LogP contribution in [0.5, 0.6) is 5.75 Å². The van der Waals surface area contributed by atoms with Gasteiger partial charge in [0, 0.05) is 13.0 Å². The summed E-state index contributed by atoms with van der Waals surface area (Å²) in [6.45, 7) is 3.54. The average Bonchev–Trinajstić information content (AvgIpc) is 3.11. The maximum absolute atomic E-state index is 14.2. The van der Waals surface area contributed by atoms with Crippen LogP contribution in [-0.4, -0.2) is 87.9 Å². The number of phenols is 1. The fourth-order valence-corrected chi connectivity index (χ4v) is 8.89. The van der Waals surface area contributed by atoms with Crippen molar-refractivity contribution in [1.29, 1.82) is 0 Å². The van der Waals surface area contributed by atoms with Gasteiger partial charge in [-0.2, -0.15) is 11.8 Å². The van der Waals surface area contributed by atoms with E-state index in [9.17, 15) is 29.1 Å². The maximum atomic E-state index is 14.2. The molecule has 0 radical (unpaired) electrons. The first-order valence-electron chi connectivity index (χ1n) is 19.3. The van der Waals surface area contributed by atoms with E-state index in [0.717, 1.165) is 80.9 Å². The Morgan fingerprint density at radius 2 is 1.48 bits per heavy atom. The van der Waals surface area contributed by atoms with E-state index in [1.165, 1.54) is 11.8 Å². The normalized spacial score (nSPS) is 17.2. The van der Waals surface area contributed by atoms with Gasteiger partial charge in [0.25, 0.3) is 0 Å². The molecule has 3 atom stereocenters. The Morgan fingerprint density at radius 3 is 2.00 bits per heavy atom. The summed E-state index contributed by atoms with van der Waals surface area (Å²) < 4.78 is 0. The molecule has 0 heterocycles. The SMILES string of the molecule is CSCC[C@@H](NC(=O)[C@H](N)Cc1c(C)cc(O)cc1C)C(=O)NCC(=O)N(CCCCCC(=O)O)[C@H](C(N)=O)C(C1CCCCC1)C1CCCCC1. The van der Waals surface area contributed by atoms with Crippen LogP contribution in [0, 0.1) is 31.6 Å². The Labute approximate surface area is 314 Å². The van der Waals surface area contributed by atoms with Gasteiger partial charge in [0.1, 0.15) is 17.8 Å². The molecule has 3 rings (SSSR count). The molecule has 1 aromatic rings. The zero-order valence-corrected chi connectivity index (χ0v) is 32.3. The topological polar surface area (TPSA) is 205 Å². The number of primary amides is 1. The van der Waals surface area contributed by atoms with E-state index in [1.807, 2.05) is 20.1 Å². The van der Waals surface area contributed by atoms with Crippen molar-refractivity contribution in [3.63, 3.8) is 0 Å². The predicted octanol–water partition coefficient (Wildman–Crippen LogP) is 4.34. The number of carboxylic acid groups (broad SMARTS) is 1. The Balaban J connectivity index is 1.79. The molecule has 2 saturated carbocycles. The molecule has 2 fully saturated rings. The summed E-state index contributed by atoms with van der Waals surface area (Å²) in [5.74, 6) is -1.67. The number of aromatic hydroxyl groups is 1. The highest BCUT2D eigenvalue weighted by Gasteiger charge is 2.43. The fraction of sp³-hybridized carbons (Fsp3) is 0.718. The zero-order valence-electron chi connectivity index (χ0n) is 31.5. The molecule has 52 heavy (non-hydrogen) atoms. The lowest BCUT2D eigenvalue weighted by Gasteiger charge is -2.45. The number of carbonyl (C=O) groups excluding carboxylic acids is 4. The molecule has 0 spiro atoms. The van der Waals surface area contributed by atoms with Crippen molar-refractivity contribution >= 4 is 41.4 Å². The second kappa shape index (κ2) is 22.0. The highest BCUT2D eigenvalue weighted by atomic mass is 32.2. The minimum atomic E-state index is -0.947. The molecule has 12 nitrogen and oxygen atoms in total. The second-order valence-electron chi connectivity index (χ2n) is 14.9. The third-order valence-corrected chi connectivity index (χ3v) is 11.7. The van der Waals surface area contributed by atoms with Crippen molar-refractivity contribution in [1.82, 2.24) is 15.5 Å². The number of carboxylic acids is 1. The van der Waals surface area contributed by atoms with Gasteiger partial charge in [-0.1, -0.05) is 70.6 Å². The number of nitrogens with one attached hydrogen (secondary N) is 2. The first-order valence-corrected chi connectivity index (χ1v) is 20.7. The van der Waals surface area contributed by atoms with Crippen LogP contribution in [0.3, 0.4) is 0 Å². The van der Waals surface area contributed by atoms with Crippen molar-refractivity contribution in [2.75, 3.05) is 25.1 Å². The summed E-state index contributed by atoms with van der Waals surface area (Å²) in [5.41, 5.74) is 15.0. The van der Waals surface area contributed by atoms with E-state index >= 15 is 0 Å². The lowest BCUT2D eigenvalue weighted by molar-refractivity contribution is -0.144. The van der Waals surface area contributed by atoms with Crippen LogP contribution in [0.2, 0.25) is 0 Å². The number of unbranched alkanes of at least 4 members (excludes halogenated alkanes) is 2. The number of benzene rings is 1. The van der Waals surface area contributed by atoms with Gasteiger partial charge in [0.05, 0.1) is 12.6 Å². The van der Waals surface area contributed by atoms with Crippen molar-refractivity contribution < 1.29 is 34.2 Å². The van der Waals surface area contributed by atoms with Crippen LogP contribution < -0.4 is 22.1 Å². The summed E-state index contributed by atoms with van der Waals surface area (Å²) >= 11 is 1.52. The van der Waals surface area contributed by atoms with Crippen molar-refractivity contribution in [3.05, 3.63) is 28.8 Å². The van der Waals surface area contributed by atoms with Gasteiger partial charge in [0.2, 0.25) is 23.6 Å². The van der Waals surface area contributed by atoms with Gasteiger partial charge in [-0.3, -0.25) is 24.0 Å². The summed E-state index contributed by atoms with van der Waals surface area (Å²) in [4.78, 5) is 67.2. The maximum Gasteiger partial charge on any atom is 0.303 e. The van der Waals surface area contributed by atoms with Gasteiger partial charge < -0.3 is 37.2 Å². The highest BCUT2D eigenvalue weighted by Crippen LogP contribution is 2.43. The van der Waals surface area contributed by atoms with Crippen molar-refractivity contribution in [3.8, 4) is 5.75 Å². The minimum absolute atomic E-state index is 0.0248. The predicted molar refractivity (Wildman–Crippen MR) is 205 cm³/mol. The van der Waals surface area contributed by atoms with Gasteiger partial charge in [-0.05, 0) is 98.1 Å². The zero-order chi connectivity index (χ0) is 38.2. The molecule has 8 N–H and O–H groups in total. The van der Waals surface area contributed by atoms with E-state index in [1.54, 1.807) is 17.0 Å². The number of thioether (sulfide) groups is 1. The molecular formula is C39H63N5O7S. The van der Waals surface area contributed by atoms with E-state index in [-0.39, 0.29) is 49.4 Å². The van der Waals surface area contributed by atoms with Gasteiger partial charge in [0.15, 0.2) is 0 Å². The number of hydrogen-bond acceptors (Lipinski definition) is 8. The first-order chi connectivity index (χ1) is 24.8. The summed E-state index contributed by atoms with van der Waals surface area (Å²) in [6.07, 6.45) is 14.6. The molecule has 0 unspecified atom stereocenters. The molecular weight excluding hydrogens is 683 g/mol. The van der Waals surface area contributed by atoms with Gasteiger partial charge in [-0.25, -0.2) is 0 Å². The van der Waals surface area contributed by atoms with Crippen LogP contribution in [-0.2, 0) is 30.4 Å². The third kappa shape index (κ3) is 13.3. The summed E-state index contributed by atoms with van der Waals surface area (Å²) in [6, 6.07) is 0.527. The molecule has 0 aromatic heterocycles. The largest absolute Gasteiger partial charge is 0.508 e. The van der Waals surface area contributed by atoms with Gasteiger partial charge >= 0.3 is 5.97 Å². The highest BCUT2D eigenvalue weighted by molar-refractivity contribution is 7.98. The van der Waals surface area contributed by atoms with E-state index < -0.39 is 47.7 Å². The molecule has 1 aromatic carbocycles. The fourth-order valence-electron chi connectivity index (χ4n) is 8.42. The third-order valence-electron chi connectivity index (χ3n) is 11.1. The monoisotopic (exact) mass is 745 g/mol. The molecule has 0 aliphatic heterocycles. The lowest BCUT2D eigenvalue weighted by atomic mass is 9.66. The Morgan fingerprint density at radius 1 is 0.904 bits per heavy atom. The van der Waals surface area contributed by atoms with Crippen molar-refractivity contribution in [2.45, 2.75) is 135 Å². The van der Waals surface area contributed by atoms with Crippen LogP contribution in [0.1, 0.15) is 113 Å². The second-order valence-corrected chi connectivity index (χ2v) is 15.9. The number of nitrogens with two attached hydrogens (primary N) is 2. The Kier molecular flexibility index (Phi) is 18.3. The lowest BCUT2D eigenvalue weighted by Crippen LogP contribution is -2.58. The average molecular weight is 746 g/mol. The molecule has 0 bridgehead atoms. The van der Waals surface area contributed by atoms with E-state index in [4.69, 9.17) is 16.6 Å². The van der Waals surface area contributed by atoms with Crippen molar-refractivity contribution in [2.24, 2.45) is 29.2 Å². The number of hydrogen-bond donors (Lipinski definition) is 6.